The first-order chi connectivity index (χ1) is 13.7. The molecule has 5 rings (SSSR count). The van der Waals surface area contributed by atoms with Crippen LogP contribution in [0.5, 0.6) is 0 Å². The summed E-state index contributed by atoms with van der Waals surface area (Å²) in [5.41, 5.74) is 4.10. The number of thiazole rings is 1. The van der Waals surface area contributed by atoms with Gasteiger partial charge in [0, 0.05) is 28.4 Å². The standard InChI is InChI=1S/C21H21FN4S2/c1-2-26-7-3-4-13(11-26)19-9-15-20(16(22)10-23-21(15)28-19)25-14-5-6-18-17(8-14)24-12-27-18/h5-6,8-10,12-13H,2-4,7,11H2,1H3,(H,23,25). The van der Waals surface area contributed by atoms with Gasteiger partial charge in [0.05, 0.1) is 27.6 Å². The molecule has 3 aromatic heterocycles. The Morgan fingerprint density at radius 2 is 2.21 bits per heavy atom. The molecule has 1 N–H and O–H groups in total. The summed E-state index contributed by atoms with van der Waals surface area (Å²) in [5, 5.41) is 4.15. The Hall–Kier alpha value is -2.09. The number of thiophene rings is 1. The third-order valence-electron chi connectivity index (χ3n) is 5.49. The van der Waals surface area contributed by atoms with E-state index < -0.39 is 0 Å². The minimum Gasteiger partial charge on any atom is -0.352 e. The van der Waals surface area contributed by atoms with Crippen LogP contribution < -0.4 is 5.32 Å². The van der Waals surface area contributed by atoms with Crippen molar-refractivity contribution in [2.24, 2.45) is 0 Å². The number of piperidine rings is 1. The Bertz CT molecular complexity index is 1140. The number of benzene rings is 1. The average molecular weight is 413 g/mol. The largest absolute Gasteiger partial charge is 0.352 e. The first-order valence-electron chi connectivity index (χ1n) is 9.62. The maximum absolute atomic E-state index is 14.7. The van der Waals surface area contributed by atoms with E-state index in [0.717, 1.165) is 39.2 Å². The number of hydrogen-bond acceptors (Lipinski definition) is 6. The fourth-order valence-corrected chi connectivity index (χ4v) is 5.76. The Morgan fingerprint density at radius 1 is 1.29 bits per heavy atom. The zero-order valence-electron chi connectivity index (χ0n) is 15.6. The van der Waals surface area contributed by atoms with E-state index in [1.54, 1.807) is 22.7 Å². The Kier molecular flexibility index (Phi) is 4.74. The van der Waals surface area contributed by atoms with Crippen molar-refractivity contribution in [2.45, 2.75) is 25.7 Å². The molecule has 1 aliphatic heterocycles. The summed E-state index contributed by atoms with van der Waals surface area (Å²) in [6.45, 7) is 5.55. The lowest BCUT2D eigenvalue weighted by Gasteiger charge is -2.31. The molecule has 0 bridgehead atoms. The number of hydrogen-bond donors (Lipinski definition) is 1. The first kappa shape index (κ1) is 18.0. The number of aromatic nitrogens is 2. The van der Waals surface area contributed by atoms with Crippen LogP contribution in [0.4, 0.5) is 15.8 Å². The maximum Gasteiger partial charge on any atom is 0.165 e. The van der Waals surface area contributed by atoms with E-state index in [1.807, 2.05) is 23.7 Å². The lowest BCUT2D eigenvalue weighted by atomic mass is 9.96. The summed E-state index contributed by atoms with van der Waals surface area (Å²) >= 11 is 3.30. The van der Waals surface area contributed by atoms with E-state index in [4.69, 9.17) is 0 Å². The molecule has 1 fully saturated rings. The Balaban J connectivity index is 1.51. The van der Waals surface area contributed by atoms with Gasteiger partial charge in [-0.05, 0) is 50.2 Å². The van der Waals surface area contributed by atoms with Gasteiger partial charge in [-0.1, -0.05) is 6.92 Å². The van der Waals surface area contributed by atoms with E-state index in [2.05, 4.69) is 33.2 Å². The Labute approximate surface area is 171 Å². The number of fused-ring (bicyclic) bond motifs is 2. The van der Waals surface area contributed by atoms with Crippen LogP contribution >= 0.6 is 22.7 Å². The summed E-state index contributed by atoms with van der Waals surface area (Å²) in [6.07, 6.45) is 3.73. The van der Waals surface area contributed by atoms with Crippen LogP contribution in [-0.4, -0.2) is 34.5 Å². The number of halogens is 1. The van der Waals surface area contributed by atoms with Gasteiger partial charge in [-0.2, -0.15) is 0 Å². The van der Waals surface area contributed by atoms with Crippen LogP contribution in [0.15, 0.2) is 36.0 Å². The molecule has 1 aliphatic rings. The number of likely N-dealkylation sites (N-methyl/N-ethyl adjacent to an activating group) is 1. The molecule has 28 heavy (non-hydrogen) atoms. The van der Waals surface area contributed by atoms with Crippen LogP contribution in [0, 0.1) is 5.82 Å². The predicted molar refractivity (Wildman–Crippen MR) is 117 cm³/mol. The number of pyridine rings is 1. The Morgan fingerprint density at radius 3 is 3.11 bits per heavy atom. The van der Waals surface area contributed by atoms with Crippen molar-refractivity contribution in [3.8, 4) is 0 Å². The van der Waals surface area contributed by atoms with Crippen LogP contribution in [-0.2, 0) is 0 Å². The van der Waals surface area contributed by atoms with E-state index >= 15 is 0 Å². The number of anilines is 2. The highest BCUT2D eigenvalue weighted by Gasteiger charge is 2.23. The summed E-state index contributed by atoms with van der Waals surface area (Å²) in [5.74, 6) is 0.184. The van der Waals surface area contributed by atoms with Crippen molar-refractivity contribution < 1.29 is 4.39 Å². The summed E-state index contributed by atoms with van der Waals surface area (Å²) in [6, 6.07) is 8.10. The van der Waals surface area contributed by atoms with Gasteiger partial charge in [0.1, 0.15) is 4.83 Å². The van der Waals surface area contributed by atoms with Gasteiger partial charge in [0.15, 0.2) is 5.82 Å². The molecule has 1 unspecified atom stereocenters. The van der Waals surface area contributed by atoms with E-state index in [-0.39, 0.29) is 5.82 Å². The molecule has 0 amide bonds. The van der Waals surface area contributed by atoms with Gasteiger partial charge in [0.2, 0.25) is 0 Å². The molecule has 144 valence electrons. The highest BCUT2D eigenvalue weighted by molar-refractivity contribution is 7.18. The van der Waals surface area contributed by atoms with Crippen LogP contribution in [0.1, 0.15) is 30.6 Å². The molecule has 4 aromatic rings. The third-order valence-corrected chi connectivity index (χ3v) is 7.51. The van der Waals surface area contributed by atoms with Gasteiger partial charge in [-0.25, -0.2) is 14.4 Å². The first-order valence-corrected chi connectivity index (χ1v) is 11.3. The van der Waals surface area contributed by atoms with Crippen molar-refractivity contribution in [1.82, 2.24) is 14.9 Å². The average Bonchev–Trinajstić information content (AvgIpc) is 3.37. The van der Waals surface area contributed by atoms with Crippen molar-refractivity contribution in [3.63, 3.8) is 0 Å². The molecule has 1 saturated heterocycles. The number of likely N-dealkylation sites (tertiary alicyclic amines) is 1. The summed E-state index contributed by atoms with van der Waals surface area (Å²) < 4.78 is 15.8. The van der Waals surface area contributed by atoms with Gasteiger partial charge in [-0.3, -0.25) is 0 Å². The van der Waals surface area contributed by atoms with Crippen LogP contribution in [0.2, 0.25) is 0 Å². The highest BCUT2D eigenvalue weighted by atomic mass is 32.1. The van der Waals surface area contributed by atoms with Crippen molar-refractivity contribution in [2.75, 3.05) is 25.0 Å². The molecule has 7 heteroatoms. The molecular formula is C21H21FN4S2. The van der Waals surface area contributed by atoms with Gasteiger partial charge in [-0.15, -0.1) is 22.7 Å². The smallest absolute Gasteiger partial charge is 0.165 e. The number of nitrogens with one attached hydrogen (secondary N) is 1. The lowest BCUT2D eigenvalue weighted by Crippen LogP contribution is -2.33. The normalized spacial score (nSPS) is 18.1. The molecule has 1 atom stereocenters. The summed E-state index contributed by atoms with van der Waals surface area (Å²) in [7, 11) is 0. The zero-order valence-corrected chi connectivity index (χ0v) is 17.2. The minimum atomic E-state index is -0.325. The van der Waals surface area contributed by atoms with Gasteiger partial charge < -0.3 is 10.2 Å². The quantitative estimate of drug-likeness (QED) is 0.447. The fourth-order valence-electron chi connectivity index (χ4n) is 3.97. The lowest BCUT2D eigenvalue weighted by molar-refractivity contribution is 0.219. The second-order valence-electron chi connectivity index (χ2n) is 7.24. The molecule has 0 aliphatic carbocycles. The summed E-state index contributed by atoms with van der Waals surface area (Å²) in [4.78, 5) is 13.4. The van der Waals surface area contributed by atoms with E-state index in [0.29, 0.717) is 11.6 Å². The molecule has 1 aromatic carbocycles. The van der Waals surface area contributed by atoms with Crippen molar-refractivity contribution >= 4 is 54.5 Å². The number of rotatable bonds is 4. The minimum absolute atomic E-state index is 0.325. The second-order valence-corrected chi connectivity index (χ2v) is 9.19. The van der Waals surface area contributed by atoms with E-state index in [9.17, 15) is 4.39 Å². The zero-order chi connectivity index (χ0) is 19.1. The van der Waals surface area contributed by atoms with Crippen LogP contribution in [0.25, 0.3) is 20.4 Å². The van der Waals surface area contributed by atoms with Crippen molar-refractivity contribution in [1.29, 1.82) is 0 Å². The van der Waals surface area contributed by atoms with Gasteiger partial charge >= 0.3 is 0 Å². The fraction of sp³-hybridized carbons (Fsp3) is 0.333. The molecule has 0 saturated carbocycles. The SMILES string of the molecule is CCN1CCCC(c2cc3c(Nc4ccc5scnc5c4)c(F)cnc3s2)C1. The number of nitrogens with zero attached hydrogens (tertiary/aromatic N) is 3. The monoisotopic (exact) mass is 412 g/mol. The highest BCUT2D eigenvalue weighted by Crippen LogP contribution is 2.39. The van der Waals surface area contributed by atoms with Crippen molar-refractivity contribution in [3.05, 3.63) is 46.7 Å². The topological polar surface area (TPSA) is 41.0 Å². The maximum atomic E-state index is 14.7. The molecule has 4 nitrogen and oxygen atoms in total. The van der Waals surface area contributed by atoms with Gasteiger partial charge in [0.25, 0.3) is 0 Å². The molecular weight excluding hydrogens is 391 g/mol. The second kappa shape index (κ2) is 7.39. The molecule has 4 heterocycles. The molecule has 0 spiro atoms. The van der Waals surface area contributed by atoms with E-state index in [1.165, 1.54) is 30.5 Å². The molecule has 0 radical (unpaired) electrons. The predicted octanol–water partition coefficient (Wildman–Crippen LogP) is 5.99. The van der Waals surface area contributed by atoms with Crippen LogP contribution in [0.3, 0.4) is 0 Å². The third kappa shape index (κ3) is 3.27.